The first-order valence-electron chi connectivity index (χ1n) is 5.65. The first kappa shape index (κ1) is 11.7. The first-order valence-corrected chi connectivity index (χ1v) is 6.03. The van der Waals surface area contributed by atoms with Crippen molar-refractivity contribution in [3.63, 3.8) is 0 Å². The van der Waals surface area contributed by atoms with Crippen LogP contribution in [0.2, 0.25) is 5.02 Å². The quantitative estimate of drug-likeness (QED) is 0.727. The van der Waals surface area contributed by atoms with Crippen LogP contribution in [0.5, 0.6) is 0 Å². The maximum Gasteiger partial charge on any atom is 0.205 e. The van der Waals surface area contributed by atoms with E-state index in [1.54, 1.807) is 18.2 Å². The van der Waals surface area contributed by atoms with E-state index < -0.39 is 0 Å². The molecule has 0 spiro atoms. The van der Waals surface area contributed by atoms with Gasteiger partial charge in [0.2, 0.25) is 5.82 Å². The first-order chi connectivity index (χ1) is 9.24. The summed E-state index contributed by atoms with van der Waals surface area (Å²) < 4.78 is 0. The van der Waals surface area contributed by atoms with Crippen molar-refractivity contribution in [1.82, 2.24) is 20.2 Å². The van der Waals surface area contributed by atoms with Gasteiger partial charge in [0.05, 0.1) is 5.69 Å². The van der Waals surface area contributed by atoms with Crippen LogP contribution < -0.4 is 5.73 Å². The zero-order chi connectivity index (χ0) is 13.2. The van der Waals surface area contributed by atoms with Gasteiger partial charge in [0.15, 0.2) is 0 Å². The van der Waals surface area contributed by atoms with Gasteiger partial charge in [-0.1, -0.05) is 41.9 Å². The lowest BCUT2D eigenvalue weighted by atomic mass is 10.2. The second-order valence-corrected chi connectivity index (χ2v) is 4.41. The Balaban J connectivity index is 2.04. The molecule has 0 saturated heterocycles. The molecule has 0 atom stereocenters. The minimum Gasteiger partial charge on any atom is -0.397 e. The standard InChI is InChI=1S/C13H10ClN5/c14-10-6-7-11(15)12(8-10)19-17-13(16-18-19)9-4-2-1-3-5-9/h1-8H,15H2. The van der Waals surface area contributed by atoms with E-state index >= 15 is 0 Å². The van der Waals surface area contributed by atoms with Crippen LogP contribution in [-0.4, -0.2) is 20.2 Å². The summed E-state index contributed by atoms with van der Waals surface area (Å²) in [4.78, 5) is 1.38. The van der Waals surface area contributed by atoms with Crippen molar-refractivity contribution in [2.24, 2.45) is 0 Å². The third kappa shape index (κ3) is 2.28. The molecule has 0 aliphatic heterocycles. The normalized spacial score (nSPS) is 10.6. The summed E-state index contributed by atoms with van der Waals surface area (Å²) in [5, 5.41) is 12.9. The summed E-state index contributed by atoms with van der Waals surface area (Å²) in [6.45, 7) is 0. The van der Waals surface area contributed by atoms with Gasteiger partial charge in [-0.05, 0) is 23.4 Å². The molecule has 94 valence electrons. The molecule has 0 aliphatic rings. The van der Waals surface area contributed by atoms with Crippen LogP contribution in [0.1, 0.15) is 0 Å². The van der Waals surface area contributed by atoms with E-state index in [-0.39, 0.29) is 0 Å². The second-order valence-electron chi connectivity index (χ2n) is 3.97. The van der Waals surface area contributed by atoms with Gasteiger partial charge < -0.3 is 5.73 Å². The van der Waals surface area contributed by atoms with Crippen LogP contribution in [0.15, 0.2) is 48.5 Å². The average Bonchev–Trinajstić information content (AvgIpc) is 2.92. The number of hydrogen-bond donors (Lipinski definition) is 1. The molecule has 1 heterocycles. The SMILES string of the molecule is Nc1ccc(Cl)cc1-n1nnc(-c2ccccc2)n1. The van der Waals surface area contributed by atoms with Crippen molar-refractivity contribution in [1.29, 1.82) is 0 Å². The molecule has 0 saturated carbocycles. The molecule has 2 aromatic carbocycles. The average molecular weight is 272 g/mol. The van der Waals surface area contributed by atoms with Crippen LogP contribution in [-0.2, 0) is 0 Å². The van der Waals surface area contributed by atoms with E-state index in [0.717, 1.165) is 5.56 Å². The second kappa shape index (κ2) is 4.70. The van der Waals surface area contributed by atoms with E-state index in [0.29, 0.717) is 22.2 Å². The van der Waals surface area contributed by atoms with Gasteiger partial charge in [-0.3, -0.25) is 0 Å². The molecule has 0 aliphatic carbocycles. The fourth-order valence-corrected chi connectivity index (χ4v) is 1.88. The fourth-order valence-electron chi connectivity index (χ4n) is 1.71. The Hall–Kier alpha value is -2.40. The molecule has 1 aromatic heterocycles. The summed E-state index contributed by atoms with van der Waals surface area (Å²) in [5.41, 5.74) is 7.94. The molecule has 3 rings (SSSR count). The summed E-state index contributed by atoms with van der Waals surface area (Å²) in [6, 6.07) is 14.7. The number of nitrogens with zero attached hydrogens (tertiary/aromatic N) is 4. The van der Waals surface area contributed by atoms with Gasteiger partial charge in [-0.25, -0.2) is 0 Å². The number of rotatable bonds is 2. The molecular weight excluding hydrogens is 262 g/mol. The number of nitrogens with two attached hydrogens (primary N) is 1. The number of aromatic nitrogens is 4. The van der Waals surface area contributed by atoms with Crippen LogP contribution >= 0.6 is 11.6 Å². The zero-order valence-corrected chi connectivity index (χ0v) is 10.6. The van der Waals surface area contributed by atoms with Crippen molar-refractivity contribution in [2.45, 2.75) is 0 Å². The predicted molar refractivity (Wildman–Crippen MR) is 74.0 cm³/mol. The Labute approximate surface area is 114 Å². The molecule has 2 N–H and O–H groups in total. The molecular formula is C13H10ClN5. The maximum absolute atomic E-state index is 5.95. The van der Waals surface area contributed by atoms with Gasteiger partial charge in [0.1, 0.15) is 5.69 Å². The van der Waals surface area contributed by atoms with Crippen LogP contribution in [0.3, 0.4) is 0 Å². The van der Waals surface area contributed by atoms with Crippen molar-refractivity contribution < 1.29 is 0 Å². The van der Waals surface area contributed by atoms with Gasteiger partial charge in [0, 0.05) is 10.6 Å². The molecule has 0 amide bonds. The number of benzene rings is 2. The maximum atomic E-state index is 5.95. The Morgan fingerprint density at radius 3 is 2.63 bits per heavy atom. The fraction of sp³-hybridized carbons (Fsp3) is 0. The third-order valence-corrected chi connectivity index (χ3v) is 2.89. The summed E-state index contributed by atoms with van der Waals surface area (Å²) in [6.07, 6.45) is 0. The Kier molecular flexibility index (Phi) is 2.89. The van der Waals surface area contributed by atoms with Gasteiger partial charge in [-0.15, -0.1) is 15.0 Å². The molecule has 0 bridgehead atoms. The molecule has 0 radical (unpaired) electrons. The van der Waals surface area contributed by atoms with E-state index in [9.17, 15) is 0 Å². The van der Waals surface area contributed by atoms with Crippen LogP contribution in [0, 0.1) is 0 Å². The number of halogens is 1. The highest BCUT2D eigenvalue weighted by atomic mass is 35.5. The molecule has 3 aromatic rings. The summed E-state index contributed by atoms with van der Waals surface area (Å²) in [7, 11) is 0. The Bertz CT molecular complexity index is 708. The lowest BCUT2D eigenvalue weighted by Crippen LogP contribution is -2.03. The highest BCUT2D eigenvalue weighted by Crippen LogP contribution is 2.21. The zero-order valence-electron chi connectivity index (χ0n) is 9.86. The van der Waals surface area contributed by atoms with E-state index in [4.69, 9.17) is 17.3 Å². The lowest BCUT2D eigenvalue weighted by Gasteiger charge is -2.03. The Morgan fingerprint density at radius 1 is 1.05 bits per heavy atom. The lowest BCUT2D eigenvalue weighted by molar-refractivity contribution is 0.722. The summed E-state index contributed by atoms with van der Waals surface area (Å²) >= 11 is 5.95. The largest absolute Gasteiger partial charge is 0.397 e. The molecule has 6 heteroatoms. The molecule has 0 unspecified atom stereocenters. The van der Waals surface area contributed by atoms with E-state index in [1.165, 1.54) is 4.80 Å². The topological polar surface area (TPSA) is 69.6 Å². The van der Waals surface area contributed by atoms with Crippen molar-refractivity contribution in [3.05, 3.63) is 53.6 Å². The van der Waals surface area contributed by atoms with Gasteiger partial charge in [-0.2, -0.15) is 0 Å². The van der Waals surface area contributed by atoms with E-state index in [1.807, 2.05) is 30.3 Å². The minimum absolute atomic E-state index is 0.542. The van der Waals surface area contributed by atoms with Crippen molar-refractivity contribution in [2.75, 3.05) is 5.73 Å². The van der Waals surface area contributed by atoms with Crippen LogP contribution in [0.4, 0.5) is 5.69 Å². The van der Waals surface area contributed by atoms with Crippen molar-refractivity contribution >= 4 is 17.3 Å². The van der Waals surface area contributed by atoms with Crippen LogP contribution in [0.25, 0.3) is 17.1 Å². The predicted octanol–water partition coefficient (Wildman–Crippen LogP) is 2.56. The monoisotopic (exact) mass is 271 g/mol. The van der Waals surface area contributed by atoms with Gasteiger partial charge >= 0.3 is 0 Å². The van der Waals surface area contributed by atoms with E-state index in [2.05, 4.69) is 15.4 Å². The highest BCUT2D eigenvalue weighted by Gasteiger charge is 2.09. The smallest absolute Gasteiger partial charge is 0.205 e. The van der Waals surface area contributed by atoms with Gasteiger partial charge in [0.25, 0.3) is 0 Å². The van der Waals surface area contributed by atoms with Crippen molar-refractivity contribution in [3.8, 4) is 17.1 Å². The molecule has 5 nitrogen and oxygen atoms in total. The Morgan fingerprint density at radius 2 is 1.84 bits per heavy atom. The highest BCUT2D eigenvalue weighted by molar-refractivity contribution is 6.30. The summed E-state index contributed by atoms with van der Waals surface area (Å²) in [5.74, 6) is 0.542. The molecule has 19 heavy (non-hydrogen) atoms. The molecule has 0 fully saturated rings. The number of nitrogen functional groups attached to an aromatic ring is 1. The number of anilines is 1. The number of tetrazole rings is 1. The third-order valence-electron chi connectivity index (χ3n) is 2.65. The number of hydrogen-bond acceptors (Lipinski definition) is 4. The minimum atomic E-state index is 0.542.